The van der Waals surface area contributed by atoms with Crippen molar-refractivity contribution in [3.63, 3.8) is 0 Å². The third-order valence-corrected chi connectivity index (χ3v) is 4.79. The van der Waals surface area contributed by atoms with E-state index in [-0.39, 0.29) is 30.3 Å². The smallest absolute Gasteiger partial charge is 0.245 e. The minimum atomic E-state index is -0.170. The van der Waals surface area contributed by atoms with Gasteiger partial charge in [-0.25, -0.2) is 4.98 Å². The number of rotatable bonds is 6. The van der Waals surface area contributed by atoms with Gasteiger partial charge in [-0.1, -0.05) is 19.8 Å². The average molecular weight is 309 g/mol. The lowest BCUT2D eigenvalue weighted by Crippen LogP contribution is -2.45. The van der Waals surface area contributed by atoms with E-state index in [2.05, 4.69) is 10.3 Å². The first-order valence-corrected chi connectivity index (χ1v) is 8.49. The van der Waals surface area contributed by atoms with Crippen LogP contribution in [0.2, 0.25) is 0 Å². The van der Waals surface area contributed by atoms with Crippen molar-refractivity contribution in [3.05, 3.63) is 11.6 Å². The van der Waals surface area contributed by atoms with Gasteiger partial charge in [-0.05, 0) is 26.2 Å². The molecule has 2 rings (SSSR count). The molecular weight excluding hydrogens is 286 g/mol. The molecule has 6 heteroatoms. The van der Waals surface area contributed by atoms with Gasteiger partial charge >= 0.3 is 0 Å². The summed E-state index contributed by atoms with van der Waals surface area (Å²) in [6, 6.07) is 0.0835. The Kier molecular flexibility index (Phi) is 5.73. The highest BCUT2D eigenvalue weighted by Crippen LogP contribution is 2.27. The Balaban J connectivity index is 1.98. The van der Waals surface area contributed by atoms with Crippen LogP contribution in [0.4, 0.5) is 5.13 Å². The molecule has 1 N–H and O–H groups in total. The zero-order chi connectivity index (χ0) is 15.2. The number of hydrogen-bond donors (Lipinski definition) is 1. The molecular formula is C15H23N3O2S. The maximum absolute atomic E-state index is 12.6. The van der Waals surface area contributed by atoms with Crippen LogP contribution in [0.1, 0.15) is 46.0 Å². The first-order valence-electron chi connectivity index (χ1n) is 7.61. The van der Waals surface area contributed by atoms with Gasteiger partial charge in [0.15, 0.2) is 5.13 Å². The second-order valence-corrected chi connectivity index (χ2v) is 6.48. The minimum Gasteiger partial charge on any atom is -0.330 e. The maximum Gasteiger partial charge on any atom is 0.245 e. The summed E-state index contributed by atoms with van der Waals surface area (Å²) in [5, 5.41) is 5.14. The Morgan fingerprint density at radius 2 is 2.19 bits per heavy atom. The zero-order valence-corrected chi connectivity index (χ0v) is 13.5. The van der Waals surface area contributed by atoms with Crippen LogP contribution in [0.25, 0.3) is 0 Å². The first-order chi connectivity index (χ1) is 10.1. The molecule has 1 unspecified atom stereocenters. The van der Waals surface area contributed by atoms with Crippen LogP contribution in [-0.4, -0.2) is 34.3 Å². The minimum absolute atomic E-state index is 0.0835. The van der Waals surface area contributed by atoms with E-state index in [9.17, 15) is 9.59 Å². The molecule has 1 aromatic rings. The second-order valence-electron chi connectivity index (χ2n) is 5.59. The van der Waals surface area contributed by atoms with Gasteiger partial charge in [0.1, 0.15) is 6.54 Å². The van der Waals surface area contributed by atoms with Gasteiger partial charge < -0.3 is 10.2 Å². The fraction of sp³-hybridized carbons (Fsp3) is 0.667. The summed E-state index contributed by atoms with van der Waals surface area (Å²) in [6.45, 7) is 4.16. The zero-order valence-electron chi connectivity index (χ0n) is 12.7. The summed E-state index contributed by atoms with van der Waals surface area (Å²) >= 11 is 1.38. The van der Waals surface area contributed by atoms with E-state index >= 15 is 0 Å². The van der Waals surface area contributed by atoms with Crippen molar-refractivity contribution >= 4 is 28.3 Å². The molecule has 0 bridgehead atoms. The van der Waals surface area contributed by atoms with E-state index in [1.807, 2.05) is 19.2 Å². The van der Waals surface area contributed by atoms with Crippen molar-refractivity contribution < 1.29 is 9.59 Å². The van der Waals surface area contributed by atoms with Crippen molar-refractivity contribution in [1.29, 1.82) is 0 Å². The van der Waals surface area contributed by atoms with Gasteiger partial charge in [-0.3, -0.25) is 9.59 Å². The van der Waals surface area contributed by atoms with E-state index in [1.54, 1.807) is 11.1 Å². The van der Waals surface area contributed by atoms with Gasteiger partial charge in [0.05, 0.1) is 0 Å². The second kappa shape index (κ2) is 7.54. The number of carbonyl (C=O) groups excluding carboxylic acids is 2. The average Bonchev–Trinajstić information content (AvgIpc) is 3.16. The molecule has 1 fully saturated rings. The third kappa shape index (κ3) is 4.27. The number of aromatic nitrogens is 1. The van der Waals surface area contributed by atoms with Gasteiger partial charge in [0.25, 0.3) is 0 Å². The summed E-state index contributed by atoms with van der Waals surface area (Å²) in [4.78, 5) is 30.5. The van der Waals surface area contributed by atoms with Crippen molar-refractivity contribution in [2.24, 2.45) is 5.92 Å². The Morgan fingerprint density at radius 3 is 2.76 bits per heavy atom. The molecule has 1 aliphatic carbocycles. The Morgan fingerprint density at radius 1 is 1.48 bits per heavy atom. The summed E-state index contributed by atoms with van der Waals surface area (Å²) in [5.41, 5.74) is 0. The van der Waals surface area contributed by atoms with Crippen LogP contribution < -0.4 is 5.32 Å². The molecule has 5 nitrogen and oxygen atoms in total. The van der Waals surface area contributed by atoms with Crippen molar-refractivity contribution in [1.82, 2.24) is 9.88 Å². The highest BCUT2D eigenvalue weighted by Gasteiger charge is 2.30. The molecule has 0 aliphatic heterocycles. The highest BCUT2D eigenvalue weighted by molar-refractivity contribution is 7.13. The fourth-order valence-electron chi connectivity index (χ4n) is 2.68. The summed E-state index contributed by atoms with van der Waals surface area (Å²) in [7, 11) is 0. The molecule has 116 valence electrons. The van der Waals surface area contributed by atoms with Crippen LogP contribution in [-0.2, 0) is 9.59 Å². The molecule has 1 atom stereocenters. The topological polar surface area (TPSA) is 62.3 Å². The van der Waals surface area contributed by atoms with E-state index in [0.29, 0.717) is 5.13 Å². The first kappa shape index (κ1) is 15.9. The standard InChI is InChI=1S/C15H23N3O2S/c1-3-11(2)18(14(20)12-6-4-5-7-12)10-13(19)17-15-16-8-9-21-15/h8-9,11-12H,3-7,10H2,1-2H3,(H,16,17,19). The molecule has 1 heterocycles. The van der Waals surface area contributed by atoms with Crippen LogP contribution in [0.15, 0.2) is 11.6 Å². The normalized spacial score (nSPS) is 16.7. The van der Waals surface area contributed by atoms with Crippen LogP contribution in [0.3, 0.4) is 0 Å². The summed E-state index contributed by atoms with van der Waals surface area (Å²) in [6.07, 6.45) is 6.66. The van der Waals surface area contributed by atoms with Gasteiger partial charge in [-0.15, -0.1) is 11.3 Å². The molecule has 0 saturated heterocycles. The van der Waals surface area contributed by atoms with E-state index in [0.717, 1.165) is 32.1 Å². The number of carbonyl (C=O) groups is 2. The van der Waals surface area contributed by atoms with E-state index in [4.69, 9.17) is 0 Å². The van der Waals surface area contributed by atoms with Crippen molar-refractivity contribution in [3.8, 4) is 0 Å². The fourth-order valence-corrected chi connectivity index (χ4v) is 3.22. The molecule has 21 heavy (non-hydrogen) atoms. The van der Waals surface area contributed by atoms with Crippen molar-refractivity contribution in [2.75, 3.05) is 11.9 Å². The molecule has 0 spiro atoms. The Labute approximate surface area is 129 Å². The lowest BCUT2D eigenvalue weighted by molar-refractivity contribution is -0.140. The quantitative estimate of drug-likeness (QED) is 0.879. The number of anilines is 1. The van der Waals surface area contributed by atoms with E-state index in [1.165, 1.54) is 11.3 Å². The molecule has 1 saturated carbocycles. The monoisotopic (exact) mass is 309 g/mol. The number of amides is 2. The lowest BCUT2D eigenvalue weighted by atomic mass is 10.0. The highest BCUT2D eigenvalue weighted by atomic mass is 32.1. The Hall–Kier alpha value is -1.43. The number of nitrogens with one attached hydrogen (secondary N) is 1. The summed E-state index contributed by atoms with van der Waals surface area (Å²) in [5.74, 6) is 0.0689. The number of hydrogen-bond acceptors (Lipinski definition) is 4. The van der Waals surface area contributed by atoms with Gasteiger partial charge in [0, 0.05) is 23.5 Å². The van der Waals surface area contributed by atoms with Gasteiger partial charge in [0.2, 0.25) is 11.8 Å². The molecule has 2 amide bonds. The van der Waals surface area contributed by atoms with Crippen molar-refractivity contribution in [2.45, 2.75) is 52.0 Å². The molecule has 1 aromatic heterocycles. The predicted molar refractivity (Wildman–Crippen MR) is 84.2 cm³/mol. The number of thiazole rings is 1. The van der Waals surface area contributed by atoms with Crippen LogP contribution in [0.5, 0.6) is 0 Å². The number of nitrogens with zero attached hydrogens (tertiary/aromatic N) is 2. The SMILES string of the molecule is CCC(C)N(CC(=O)Nc1nccs1)C(=O)C1CCCC1. The summed E-state index contributed by atoms with van der Waals surface area (Å²) < 4.78 is 0. The predicted octanol–water partition coefficient (Wildman–Crippen LogP) is 2.90. The largest absolute Gasteiger partial charge is 0.330 e. The Bertz CT molecular complexity index is 469. The molecule has 0 radical (unpaired) electrons. The van der Waals surface area contributed by atoms with Crippen LogP contribution >= 0.6 is 11.3 Å². The maximum atomic E-state index is 12.6. The lowest BCUT2D eigenvalue weighted by Gasteiger charge is -2.30. The van der Waals surface area contributed by atoms with Gasteiger partial charge in [-0.2, -0.15) is 0 Å². The molecule has 0 aromatic carbocycles. The van der Waals surface area contributed by atoms with Crippen LogP contribution in [0, 0.1) is 5.92 Å². The third-order valence-electron chi connectivity index (χ3n) is 4.10. The molecule has 1 aliphatic rings. The van der Waals surface area contributed by atoms with E-state index < -0.39 is 0 Å².